The van der Waals surface area contributed by atoms with Gasteiger partial charge in [-0.15, -0.1) is 0 Å². The van der Waals surface area contributed by atoms with Crippen LogP contribution in [-0.2, 0) is 9.53 Å². The Bertz CT molecular complexity index is 875. The van der Waals surface area contributed by atoms with E-state index in [2.05, 4.69) is 9.47 Å². The third-order valence-corrected chi connectivity index (χ3v) is 3.06. The average Bonchev–Trinajstić information content (AvgIpc) is 2.61. The predicted octanol–water partition coefficient (Wildman–Crippen LogP) is 3.13. The largest absolute Gasteiger partial charge is 0.452 e. The summed E-state index contributed by atoms with van der Waals surface area (Å²) >= 11 is 0. The van der Waals surface area contributed by atoms with Gasteiger partial charge in [0.25, 0.3) is 11.6 Å². The number of carbonyl (C=O) groups is 2. The molecular weight excluding hydrogens is 373 g/mol. The molecular formula is C16H11F3N2O6. The minimum Gasteiger partial charge on any atom is -0.452 e. The molecule has 0 spiro atoms. The number of halogens is 3. The SMILES string of the molecule is O=C(COC(=O)c1cccc(OC(F)F)c1)Nc1cc([N+](=O)[O-])ccc1F. The van der Waals surface area contributed by atoms with Crippen molar-refractivity contribution in [3.63, 3.8) is 0 Å². The summed E-state index contributed by atoms with van der Waals surface area (Å²) in [4.78, 5) is 33.5. The van der Waals surface area contributed by atoms with Gasteiger partial charge < -0.3 is 14.8 Å². The Morgan fingerprint density at radius 1 is 1.19 bits per heavy atom. The molecule has 2 aromatic rings. The molecule has 142 valence electrons. The van der Waals surface area contributed by atoms with E-state index in [1.807, 2.05) is 5.32 Å². The molecule has 8 nitrogen and oxygen atoms in total. The number of esters is 1. The van der Waals surface area contributed by atoms with Crippen molar-refractivity contribution in [1.29, 1.82) is 0 Å². The van der Waals surface area contributed by atoms with E-state index in [4.69, 9.17) is 0 Å². The van der Waals surface area contributed by atoms with Gasteiger partial charge in [0.05, 0.1) is 16.2 Å². The second-order valence-electron chi connectivity index (χ2n) is 4.95. The van der Waals surface area contributed by atoms with Gasteiger partial charge in [-0.25, -0.2) is 9.18 Å². The van der Waals surface area contributed by atoms with Gasteiger partial charge in [-0.1, -0.05) is 6.07 Å². The number of hydrogen-bond donors (Lipinski definition) is 1. The van der Waals surface area contributed by atoms with Crippen LogP contribution < -0.4 is 10.1 Å². The smallest absolute Gasteiger partial charge is 0.387 e. The molecule has 0 aromatic heterocycles. The van der Waals surface area contributed by atoms with Gasteiger partial charge in [-0.2, -0.15) is 8.78 Å². The van der Waals surface area contributed by atoms with Gasteiger partial charge in [0.2, 0.25) is 0 Å². The van der Waals surface area contributed by atoms with Crippen molar-refractivity contribution < 1.29 is 37.2 Å². The maximum absolute atomic E-state index is 13.6. The van der Waals surface area contributed by atoms with Crippen LogP contribution in [0.4, 0.5) is 24.5 Å². The Morgan fingerprint density at radius 2 is 1.93 bits per heavy atom. The molecule has 2 aromatic carbocycles. The highest BCUT2D eigenvalue weighted by atomic mass is 19.3. The first-order chi connectivity index (χ1) is 12.8. The van der Waals surface area contributed by atoms with Crippen LogP contribution in [0.3, 0.4) is 0 Å². The van der Waals surface area contributed by atoms with E-state index in [9.17, 15) is 32.9 Å². The zero-order valence-electron chi connectivity index (χ0n) is 13.4. The number of hydrogen-bond acceptors (Lipinski definition) is 6. The molecule has 11 heteroatoms. The molecule has 0 bridgehead atoms. The van der Waals surface area contributed by atoms with Crippen LogP contribution in [0.15, 0.2) is 42.5 Å². The van der Waals surface area contributed by atoms with Crippen molar-refractivity contribution in [2.24, 2.45) is 0 Å². The topological polar surface area (TPSA) is 108 Å². The van der Waals surface area contributed by atoms with Crippen molar-refractivity contribution in [1.82, 2.24) is 0 Å². The van der Waals surface area contributed by atoms with E-state index in [1.54, 1.807) is 0 Å². The average molecular weight is 384 g/mol. The highest BCUT2D eigenvalue weighted by Crippen LogP contribution is 2.21. The molecule has 0 atom stereocenters. The fraction of sp³-hybridized carbons (Fsp3) is 0.125. The maximum Gasteiger partial charge on any atom is 0.387 e. The second kappa shape index (κ2) is 8.65. The summed E-state index contributed by atoms with van der Waals surface area (Å²) in [6.45, 7) is -3.91. The van der Waals surface area contributed by atoms with Gasteiger partial charge >= 0.3 is 12.6 Å². The van der Waals surface area contributed by atoms with Crippen LogP contribution in [0.2, 0.25) is 0 Å². The van der Waals surface area contributed by atoms with E-state index in [-0.39, 0.29) is 11.3 Å². The minimum absolute atomic E-state index is 0.150. The van der Waals surface area contributed by atoms with Gasteiger partial charge in [0.15, 0.2) is 6.61 Å². The molecule has 0 aliphatic carbocycles. The molecule has 0 saturated carbocycles. The first-order valence-electron chi connectivity index (χ1n) is 7.22. The lowest BCUT2D eigenvalue weighted by atomic mass is 10.2. The maximum atomic E-state index is 13.6. The van der Waals surface area contributed by atoms with E-state index >= 15 is 0 Å². The third-order valence-electron chi connectivity index (χ3n) is 3.06. The van der Waals surface area contributed by atoms with Gasteiger partial charge in [-0.3, -0.25) is 14.9 Å². The fourth-order valence-corrected chi connectivity index (χ4v) is 1.92. The van der Waals surface area contributed by atoms with Crippen molar-refractivity contribution >= 4 is 23.3 Å². The normalized spacial score (nSPS) is 10.4. The summed E-state index contributed by atoms with van der Waals surface area (Å²) in [5.74, 6) is -3.16. The highest BCUT2D eigenvalue weighted by Gasteiger charge is 2.16. The number of nitrogens with one attached hydrogen (secondary N) is 1. The number of alkyl halides is 2. The second-order valence-corrected chi connectivity index (χ2v) is 4.95. The fourth-order valence-electron chi connectivity index (χ4n) is 1.92. The van der Waals surface area contributed by atoms with Crippen LogP contribution >= 0.6 is 0 Å². The number of rotatable bonds is 7. The lowest BCUT2D eigenvalue weighted by molar-refractivity contribution is -0.384. The van der Waals surface area contributed by atoms with Crippen molar-refractivity contribution in [2.75, 3.05) is 11.9 Å². The summed E-state index contributed by atoms with van der Waals surface area (Å²) in [5.41, 5.74) is -1.06. The molecule has 1 N–H and O–H groups in total. The Labute approximate surface area is 149 Å². The summed E-state index contributed by atoms with van der Waals surface area (Å²) in [5, 5.41) is 12.7. The number of ether oxygens (including phenoxy) is 2. The third kappa shape index (κ3) is 5.70. The Kier molecular flexibility index (Phi) is 6.31. The molecule has 27 heavy (non-hydrogen) atoms. The van der Waals surface area contributed by atoms with E-state index < -0.39 is 47.2 Å². The number of non-ortho nitro benzene ring substituents is 1. The van der Waals surface area contributed by atoms with Crippen LogP contribution in [0.5, 0.6) is 5.75 Å². The summed E-state index contributed by atoms with van der Waals surface area (Å²) < 4.78 is 46.7. The van der Waals surface area contributed by atoms with Crippen LogP contribution in [0, 0.1) is 15.9 Å². The van der Waals surface area contributed by atoms with Crippen molar-refractivity contribution in [2.45, 2.75) is 6.61 Å². The molecule has 2 rings (SSSR count). The van der Waals surface area contributed by atoms with E-state index in [1.165, 1.54) is 18.2 Å². The van der Waals surface area contributed by atoms with Crippen molar-refractivity contribution in [3.05, 3.63) is 64.0 Å². The molecule has 0 unspecified atom stereocenters. The molecule has 0 heterocycles. The number of nitro benzene ring substituents is 1. The lowest BCUT2D eigenvalue weighted by Crippen LogP contribution is -2.21. The highest BCUT2D eigenvalue weighted by molar-refractivity contribution is 5.95. The number of nitro groups is 1. The Hall–Kier alpha value is -3.63. The van der Waals surface area contributed by atoms with Crippen molar-refractivity contribution in [3.8, 4) is 5.75 Å². The standard InChI is InChI=1S/C16H11F3N2O6/c17-12-5-4-10(21(24)25)7-13(12)20-14(22)8-26-15(23)9-2-1-3-11(6-9)27-16(18)19/h1-7,16H,8H2,(H,20,22). The summed E-state index contributed by atoms with van der Waals surface area (Å²) in [7, 11) is 0. The molecule has 0 aliphatic heterocycles. The van der Waals surface area contributed by atoms with Gasteiger partial charge in [0.1, 0.15) is 11.6 Å². The molecule has 0 saturated heterocycles. The zero-order chi connectivity index (χ0) is 20.0. The first-order valence-corrected chi connectivity index (χ1v) is 7.22. The number of benzene rings is 2. The predicted molar refractivity (Wildman–Crippen MR) is 85.0 cm³/mol. The number of anilines is 1. The minimum atomic E-state index is -3.08. The molecule has 0 radical (unpaired) electrons. The number of nitrogens with zero attached hydrogens (tertiary/aromatic N) is 1. The quantitative estimate of drug-likeness (QED) is 0.446. The van der Waals surface area contributed by atoms with Gasteiger partial charge in [0, 0.05) is 12.1 Å². The monoisotopic (exact) mass is 384 g/mol. The van der Waals surface area contributed by atoms with E-state index in [0.717, 1.165) is 24.3 Å². The molecule has 0 aliphatic rings. The Balaban J connectivity index is 1.97. The van der Waals surface area contributed by atoms with E-state index in [0.29, 0.717) is 0 Å². The number of amides is 1. The van der Waals surface area contributed by atoms with Crippen LogP contribution in [0.1, 0.15) is 10.4 Å². The van der Waals surface area contributed by atoms with Crippen LogP contribution in [-0.4, -0.2) is 30.0 Å². The Morgan fingerprint density at radius 3 is 2.59 bits per heavy atom. The zero-order valence-corrected chi connectivity index (χ0v) is 13.4. The molecule has 0 fully saturated rings. The number of carbonyl (C=O) groups excluding carboxylic acids is 2. The summed E-state index contributed by atoms with van der Waals surface area (Å²) in [6, 6.07) is 7.23. The van der Waals surface area contributed by atoms with Crippen LogP contribution in [0.25, 0.3) is 0 Å². The lowest BCUT2D eigenvalue weighted by Gasteiger charge is -2.08. The van der Waals surface area contributed by atoms with Gasteiger partial charge in [-0.05, 0) is 24.3 Å². The molecule has 1 amide bonds. The summed E-state index contributed by atoms with van der Waals surface area (Å²) in [6.07, 6.45) is 0. The first kappa shape index (κ1) is 19.7.